The van der Waals surface area contributed by atoms with Gasteiger partial charge in [0.15, 0.2) is 5.82 Å². The lowest BCUT2D eigenvalue weighted by atomic mass is 10.2. The first-order valence-corrected chi connectivity index (χ1v) is 11.2. The number of nitrogens with zero attached hydrogens (tertiary/aromatic N) is 2. The normalized spacial score (nSPS) is 11.4. The zero-order valence-corrected chi connectivity index (χ0v) is 19.9. The largest absolute Gasteiger partial charge is 0.497 e. The fourth-order valence-electron chi connectivity index (χ4n) is 2.93. The number of hydrogen-bond donors (Lipinski definition) is 2. The minimum Gasteiger partial charge on any atom is -0.497 e. The van der Waals surface area contributed by atoms with Crippen molar-refractivity contribution < 1.29 is 23.8 Å². The maximum absolute atomic E-state index is 11.8. The van der Waals surface area contributed by atoms with Gasteiger partial charge in [0.1, 0.15) is 27.9 Å². The van der Waals surface area contributed by atoms with Crippen LogP contribution in [0.2, 0.25) is 0 Å². The van der Waals surface area contributed by atoms with Crippen LogP contribution in [-0.4, -0.2) is 40.5 Å². The van der Waals surface area contributed by atoms with Crippen molar-refractivity contribution in [2.45, 2.75) is 5.16 Å². The average molecular weight is 528 g/mol. The van der Waals surface area contributed by atoms with Gasteiger partial charge >= 0.3 is 5.97 Å². The van der Waals surface area contributed by atoms with Gasteiger partial charge in [-0.3, -0.25) is 5.10 Å². The second-order valence-electron chi connectivity index (χ2n) is 6.69. The Labute approximate surface area is 201 Å². The number of ether oxygens (including phenoxy) is 2. The smallest absolute Gasteiger partial charge is 0.342 e. The number of aliphatic carboxylic acids is 1. The Morgan fingerprint density at radius 3 is 2.39 bits per heavy atom. The highest BCUT2D eigenvalue weighted by Gasteiger charge is 2.16. The third-order valence-electron chi connectivity index (χ3n) is 4.53. The van der Waals surface area contributed by atoms with Crippen LogP contribution in [0.15, 0.2) is 73.5 Å². The van der Waals surface area contributed by atoms with Crippen LogP contribution in [0, 0.1) is 0 Å². The summed E-state index contributed by atoms with van der Waals surface area (Å²) in [7, 11) is 3.11. The molecular weight excluding hydrogens is 510 g/mol. The third-order valence-corrected chi connectivity index (χ3v) is 5.94. The molecule has 0 bridgehead atoms. The highest BCUT2D eigenvalue weighted by atomic mass is 79.9. The number of aromatic amines is 1. The van der Waals surface area contributed by atoms with E-state index in [2.05, 4.69) is 31.1 Å². The minimum atomic E-state index is -1.11. The molecule has 0 radical (unpaired) electrons. The lowest BCUT2D eigenvalue weighted by molar-refractivity contribution is -0.131. The van der Waals surface area contributed by atoms with Gasteiger partial charge < -0.3 is 19.0 Å². The van der Waals surface area contributed by atoms with Gasteiger partial charge in [0, 0.05) is 27.7 Å². The Morgan fingerprint density at radius 1 is 1.06 bits per heavy atom. The van der Waals surface area contributed by atoms with Gasteiger partial charge in [-0.15, -0.1) is 5.10 Å². The fourth-order valence-corrected chi connectivity index (χ4v) is 3.88. The van der Waals surface area contributed by atoms with Crippen molar-refractivity contribution in [3.8, 4) is 34.2 Å². The van der Waals surface area contributed by atoms with Gasteiger partial charge in [-0.25, -0.2) is 9.78 Å². The number of aromatic nitrogens is 3. The Bertz CT molecular complexity index is 1290. The topological polar surface area (TPSA) is 110 Å². The molecule has 33 heavy (non-hydrogen) atoms. The van der Waals surface area contributed by atoms with Gasteiger partial charge in [-0.1, -0.05) is 28.1 Å². The molecule has 2 aromatic heterocycles. The van der Waals surface area contributed by atoms with Gasteiger partial charge in [-0.05, 0) is 48.2 Å². The number of halogens is 1. The van der Waals surface area contributed by atoms with Crippen molar-refractivity contribution in [2.24, 2.45) is 0 Å². The predicted molar refractivity (Wildman–Crippen MR) is 128 cm³/mol. The number of hydrogen-bond acceptors (Lipinski definition) is 7. The van der Waals surface area contributed by atoms with Crippen LogP contribution >= 0.6 is 27.7 Å². The molecule has 8 nitrogen and oxygen atoms in total. The molecule has 0 fully saturated rings. The summed E-state index contributed by atoms with van der Waals surface area (Å²) in [6.07, 6.45) is 1.44. The maximum atomic E-state index is 11.8. The minimum absolute atomic E-state index is 0.0143. The highest BCUT2D eigenvalue weighted by molar-refractivity contribution is 9.10. The maximum Gasteiger partial charge on any atom is 0.342 e. The lowest BCUT2D eigenvalue weighted by Gasteiger charge is -2.06. The van der Waals surface area contributed by atoms with Gasteiger partial charge in [0.25, 0.3) is 0 Å². The van der Waals surface area contributed by atoms with Crippen molar-refractivity contribution in [1.29, 1.82) is 0 Å². The second-order valence-corrected chi connectivity index (χ2v) is 8.62. The van der Waals surface area contributed by atoms with E-state index < -0.39 is 5.97 Å². The predicted octanol–water partition coefficient (Wildman–Crippen LogP) is 5.73. The molecule has 4 rings (SSSR count). The first-order valence-electron chi connectivity index (χ1n) is 9.59. The number of nitrogens with one attached hydrogen (secondary N) is 1. The molecule has 0 unspecified atom stereocenters. The summed E-state index contributed by atoms with van der Waals surface area (Å²) in [6.45, 7) is 0. The van der Waals surface area contributed by atoms with Crippen LogP contribution in [0.3, 0.4) is 0 Å². The molecule has 0 aliphatic rings. The van der Waals surface area contributed by atoms with E-state index >= 15 is 0 Å². The average Bonchev–Trinajstić information content (AvgIpc) is 3.48. The number of carboxylic acid groups (broad SMARTS) is 1. The molecule has 4 aromatic rings. The molecule has 10 heteroatoms. The Hall–Kier alpha value is -3.50. The number of H-pyrrole nitrogens is 1. The van der Waals surface area contributed by atoms with E-state index in [9.17, 15) is 9.90 Å². The number of methoxy groups -OCH3 is 2. The fraction of sp³-hybridized carbons (Fsp3) is 0.0870. The number of rotatable bonds is 8. The van der Waals surface area contributed by atoms with E-state index in [0.29, 0.717) is 34.4 Å². The molecule has 0 saturated carbocycles. The third kappa shape index (κ3) is 5.47. The number of carbonyl (C=O) groups is 1. The summed E-state index contributed by atoms with van der Waals surface area (Å²) in [6, 6.07) is 16.4. The van der Waals surface area contributed by atoms with Crippen LogP contribution in [0.1, 0.15) is 5.76 Å². The van der Waals surface area contributed by atoms with Crippen LogP contribution < -0.4 is 9.47 Å². The van der Waals surface area contributed by atoms with Gasteiger partial charge in [0.2, 0.25) is 5.16 Å². The first-order chi connectivity index (χ1) is 15.9. The zero-order chi connectivity index (χ0) is 23.4. The van der Waals surface area contributed by atoms with Crippen LogP contribution in [0.4, 0.5) is 0 Å². The quantitative estimate of drug-likeness (QED) is 0.221. The SMILES string of the molecule is COc1cc(OC)cc(-c2nc(S/C(=C\c3ccc(-c4ccc(Br)cc4)o3)C(=O)O)n[nH]2)c1. The summed E-state index contributed by atoms with van der Waals surface area (Å²) in [5.41, 5.74) is 1.58. The summed E-state index contributed by atoms with van der Waals surface area (Å²) < 4.78 is 17.3. The van der Waals surface area contributed by atoms with E-state index in [1.807, 2.05) is 24.3 Å². The first kappa shape index (κ1) is 22.7. The van der Waals surface area contributed by atoms with Crippen molar-refractivity contribution in [1.82, 2.24) is 15.2 Å². The van der Waals surface area contributed by atoms with E-state index in [0.717, 1.165) is 21.8 Å². The summed E-state index contributed by atoms with van der Waals surface area (Å²) in [5.74, 6) is 1.58. The Balaban J connectivity index is 1.56. The monoisotopic (exact) mass is 527 g/mol. The molecule has 0 atom stereocenters. The zero-order valence-electron chi connectivity index (χ0n) is 17.5. The standard InChI is InChI=1S/C23H18BrN3O5S/c1-30-17-9-14(10-18(11-17)31-2)21-25-23(27-26-21)33-20(22(28)29)12-16-7-8-19(32-16)13-3-5-15(24)6-4-13/h3-12H,1-2H3,(H,28,29)(H,25,26,27)/b20-12-. The number of thioether (sulfide) groups is 1. The Kier molecular flexibility index (Phi) is 6.85. The molecule has 0 saturated heterocycles. The molecule has 168 valence electrons. The number of carboxylic acids is 1. The molecule has 0 aliphatic heterocycles. The van der Waals surface area contributed by atoms with Crippen LogP contribution in [0.5, 0.6) is 11.5 Å². The van der Waals surface area contributed by atoms with Crippen LogP contribution in [-0.2, 0) is 4.79 Å². The molecule has 2 aromatic carbocycles. The lowest BCUT2D eigenvalue weighted by Crippen LogP contribution is -1.97. The van der Waals surface area contributed by atoms with Crippen molar-refractivity contribution in [3.05, 3.63) is 69.7 Å². The van der Waals surface area contributed by atoms with E-state index in [1.54, 1.807) is 44.6 Å². The summed E-state index contributed by atoms with van der Waals surface area (Å²) in [4.78, 5) is 16.2. The van der Waals surface area contributed by atoms with Crippen molar-refractivity contribution in [2.75, 3.05) is 14.2 Å². The van der Waals surface area contributed by atoms with Crippen molar-refractivity contribution >= 4 is 39.7 Å². The number of benzene rings is 2. The summed E-state index contributed by atoms with van der Waals surface area (Å²) >= 11 is 4.31. The van der Waals surface area contributed by atoms with E-state index in [4.69, 9.17) is 13.9 Å². The molecule has 0 amide bonds. The van der Waals surface area contributed by atoms with Gasteiger partial charge in [-0.2, -0.15) is 0 Å². The van der Waals surface area contributed by atoms with Crippen LogP contribution in [0.25, 0.3) is 28.8 Å². The van der Waals surface area contributed by atoms with E-state index in [-0.39, 0.29) is 10.1 Å². The second kappa shape index (κ2) is 9.97. The molecule has 0 aliphatic carbocycles. The highest BCUT2D eigenvalue weighted by Crippen LogP contribution is 2.32. The van der Waals surface area contributed by atoms with E-state index in [1.165, 1.54) is 6.08 Å². The number of furan rings is 1. The Morgan fingerprint density at radius 2 is 1.76 bits per heavy atom. The molecule has 2 N–H and O–H groups in total. The van der Waals surface area contributed by atoms with Gasteiger partial charge in [0.05, 0.1) is 14.2 Å². The molecule has 0 spiro atoms. The molecular formula is C23H18BrN3O5S. The molecule has 2 heterocycles. The summed E-state index contributed by atoms with van der Waals surface area (Å²) in [5, 5.41) is 16.9. The van der Waals surface area contributed by atoms with Crippen molar-refractivity contribution in [3.63, 3.8) is 0 Å².